The van der Waals surface area contributed by atoms with Crippen LogP contribution < -0.4 is 9.80 Å². The van der Waals surface area contributed by atoms with Crippen molar-refractivity contribution < 1.29 is 13.2 Å². The number of rotatable bonds is 2. The Morgan fingerprint density at radius 2 is 1.79 bits per heavy atom. The van der Waals surface area contributed by atoms with Crippen LogP contribution in [0.2, 0.25) is 5.02 Å². The van der Waals surface area contributed by atoms with Crippen LogP contribution in [0.5, 0.6) is 0 Å². The first kappa shape index (κ1) is 19.3. The molecule has 1 fully saturated rings. The third-order valence-corrected chi connectivity index (χ3v) is 5.75. The molecule has 0 unspecified atom stereocenters. The highest BCUT2D eigenvalue weighted by molar-refractivity contribution is 6.30. The van der Waals surface area contributed by atoms with Crippen molar-refractivity contribution in [2.75, 3.05) is 36.0 Å². The monoisotopic (exact) mass is 410 g/mol. The zero-order valence-electron chi connectivity index (χ0n) is 15.6. The van der Waals surface area contributed by atoms with Gasteiger partial charge in [-0.3, -0.25) is 0 Å². The normalized spacial score (nSPS) is 20.2. The minimum Gasteiger partial charge on any atom is -0.368 e. The first-order valence-corrected chi connectivity index (χ1v) is 9.91. The lowest BCUT2D eigenvalue weighted by molar-refractivity contribution is -0.142. The molecule has 1 aliphatic carbocycles. The molecular formula is C20H22ClF3N4. The molecule has 28 heavy (non-hydrogen) atoms. The fourth-order valence-electron chi connectivity index (χ4n) is 3.99. The Hall–Kier alpha value is -2.02. The standard InChI is InChI=1S/C20H22ClF3N4/c1-13-5-6-17-16(11-13)18(20(22,23)24)26-19(25-17)28-9-7-27(8-10-28)15-4-2-3-14(21)12-15/h2-4,12-13H,5-11H2,1H3/t13-/m1/s1. The molecular weight excluding hydrogens is 389 g/mol. The van der Waals surface area contributed by atoms with Gasteiger partial charge < -0.3 is 9.80 Å². The van der Waals surface area contributed by atoms with Gasteiger partial charge in [0.15, 0.2) is 5.69 Å². The molecule has 8 heteroatoms. The number of halogens is 4. The number of hydrogen-bond donors (Lipinski definition) is 0. The van der Waals surface area contributed by atoms with E-state index in [4.69, 9.17) is 11.6 Å². The summed E-state index contributed by atoms with van der Waals surface area (Å²) >= 11 is 6.06. The van der Waals surface area contributed by atoms with Gasteiger partial charge >= 0.3 is 6.18 Å². The van der Waals surface area contributed by atoms with Gasteiger partial charge in [0.2, 0.25) is 5.95 Å². The average molecular weight is 411 g/mol. The molecule has 1 aromatic carbocycles. The van der Waals surface area contributed by atoms with E-state index >= 15 is 0 Å². The SMILES string of the molecule is C[C@@H]1CCc2nc(N3CCN(c4cccc(Cl)c4)CC3)nc(C(F)(F)F)c2C1. The summed E-state index contributed by atoms with van der Waals surface area (Å²) in [6, 6.07) is 7.60. The lowest BCUT2D eigenvalue weighted by atomic mass is 9.87. The maximum atomic E-state index is 13.6. The van der Waals surface area contributed by atoms with Crippen molar-refractivity contribution in [3.63, 3.8) is 0 Å². The molecule has 1 aromatic heterocycles. The number of alkyl halides is 3. The van der Waals surface area contributed by atoms with E-state index in [1.807, 2.05) is 36.1 Å². The Morgan fingerprint density at radius 3 is 2.46 bits per heavy atom. The molecule has 1 saturated heterocycles. The summed E-state index contributed by atoms with van der Waals surface area (Å²) in [5.41, 5.74) is 1.11. The van der Waals surface area contributed by atoms with Gasteiger partial charge in [-0.05, 0) is 43.4 Å². The molecule has 4 nitrogen and oxygen atoms in total. The number of anilines is 2. The lowest BCUT2D eigenvalue weighted by Crippen LogP contribution is -2.47. The van der Waals surface area contributed by atoms with Gasteiger partial charge in [0.05, 0.1) is 0 Å². The molecule has 1 aliphatic heterocycles. The Kier molecular flexibility index (Phi) is 5.12. The van der Waals surface area contributed by atoms with Crippen molar-refractivity contribution >= 4 is 23.2 Å². The summed E-state index contributed by atoms with van der Waals surface area (Å²) in [4.78, 5) is 12.5. The Bertz CT molecular complexity index is 863. The van der Waals surface area contributed by atoms with Gasteiger partial charge in [-0.2, -0.15) is 13.2 Å². The number of fused-ring (bicyclic) bond motifs is 1. The van der Waals surface area contributed by atoms with Crippen LogP contribution in [0.25, 0.3) is 0 Å². The van der Waals surface area contributed by atoms with Gasteiger partial charge in [0, 0.05) is 48.1 Å². The number of benzene rings is 1. The third-order valence-electron chi connectivity index (χ3n) is 5.51. The van der Waals surface area contributed by atoms with E-state index in [9.17, 15) is 13.2 Å². The van der Waals surface area contributed by atoms with Gasteiger partial charge in [-0.15, -0.1) is 0 Å². The molecule has 2 aliphatic rings. The number of aromatic nitrogens is 2. The number of nitrogens with zero attached hydrogens (tertiary/aromatic N) is 4. The van der Waals surface area contributed by atoms with Crippen LogP contribution in [0.1, 0.15) is 30.3 Å². The molecule has 0 spiro atoms. The lowest BCUT2D eigenvalue weighted by Gasteiger charge is -2.37. The van der Waals surface area contributed by atoms with E-state index in [0.717, 1.165) is 12.1 Å². The Balaban J connectivity index is 1.57. The van der Waals surface area contributed by atoms with Gasteiger partial charge in [-0.1, -0.05) is 24.6 Å². The highest BCUT2D eigenvalue weighted by atomic mass is 35.5. The molecule has 0 saturated carbocycles. The van der Waals surface area contributed by atoms with Crippen LogP contribution >= 0.6 is 11.6 Å². The topological polar surface area (TPSA) is 32.3 Å². The summed E-state index contributed by atoms with van der Waals surface area (Å²) < 4.78 is 40.9. The van der Waals surface area contributed by atoms with Crippen LogP contribution in [0.15, 0.2) is 24.3 Å². The molecule has 0 amide bonds. The maximum Gasteiger partial charge on any atom is 0.433 e. The molecule has 0 radical (unpaired) electrons. The summed E-state index contributed by atoms with van der Waals surface area (Å²) in [5.74, 6) is 0.427. The Morgan fingerprint density at radius 1 is 1.07 bits per heavy atom. The smallest absolute Gasteiger partial charge is 0.368 e. The van der Waals surface area contributed by atoms with Gasteiger partial charge in [0.25, 0.3) is 0 Å². The van der Waals surface area contributed by atoms with Gasteiger partial charge in [-0.25, -0.2) is 9.97 Å². The maximum absolute atomic E-state index is 13.6. The number of aryl methyl sites for hydroxylation is 1. The predicted molar refractivity (Wildman–Crippen MR) is 104 cm³/mol. The fourth-order valence-corrected chi connectivity index (χ4v) is 4.17. The van der Waals surface area contributed by atoms with Crippen molar-refractivity contribution in [3.05, 3.63) is 46.2 Å². The molecule has 2 aromatic rings. The highest BCUT2D eigenvalue weighted by Gasteiger charge is 2.39. The van der Waals surface area contributed by atoms with Crippen molar-refractivity contribution in [2.24, 2.45) is 5.92 Å². The zero-order chi connectivity index (χ0) is 19.9. The minimum atomic E-state index is -4.46. The van der Waals surface area contributed by atoms with Crippen molar-refractivity contribution in [1.82, 2.24) is 9.97 Å². The van der Waals surface area contributed by atoms with Crippen molar-refractivity contribution in [2.45, 2.75) is 32.4 Å². The Labute approximate surface area is 167 Å². The zero-order valence-corrected chi connectivity index (χ0v) is 16.4. The van der Waals surface area contributed by atoms with Crippen LogP contribution in [0.3, 0.4) is 0 Å². The van der Waals surface area contributed by atoms with E-state index in [0.29, 0.717) is 49.7 Å². The van der Waals surface area contributed by atoms with Crippen molar-refractivity contribution in [1.29, 1.82) is 0 Å². The van der Waals surface area contributed by atoms with Gasteiger partial charge in [0.1, 0.15) is 0 Å². The molecule has 1 atom stereocenters. The van der Waals surface area contributed by atoms with E-state index in [1.54, 1.807) is 0 Å². The number of hydrogen-bond acceptors (Lipinski definition) is 4. The summed E-state index contributed by atoms with van der Waals surface area (Å²) in [7, 11) is 0. The summed E-state index contributed by atoms with van der Waals surface area (Å²) in [5, 5.41) is 0.669. The molecule has 2 heterocycles. The third kappa shape index (κ3) is 3.90. The molecule has 0 N–H and O–H groups in total. The van der Waals surface area contributed by atoms with Crippen LogP contribution in [-0.2, 0) is 19.0 Å². The largest absolute Gasteiger partial charge is 0.433 e. The van der Waals surface area contributed by atoms with E-state index < -0.39 is 11.9 Å². The minimum absolute atomic E-state index is 0.200. The van der Waals surface area contributed by atoms with Crippen LogP contribution in [-0.4, -0.2) is 36.1 Å². The van der Waals surface area contributed by atoms with E-state index in [-0.39, 0.29) is 17.4 Å². The summed E-state index contributed by atoms with van der Waals surface area (Å²) in [6.07, 6.45) is -2.62. The van der Waals surface area contributed by atoms with Crippen molar-refractivity contribution in [3.8, 4) is 0 Å². The molecule has 4 rings (SSSR count). The second kappa shape index (κ2) is 7.43. The second-order valence-electron chi connectivity index (χ2n) is 7.60. The van der Waals surface area contributed by atoms with Crippen LogP contribution in [0.4, 0.5) is 24.8 Å². The second-order valence-corrected chi connectivity index (χ2v) is 8.03. The quantitative estimate of drug-likeness (QED) is 0.724. The molecule has 0 bridgehead atoms. The van der Waals surface area contributed by atoms with Crippen LogP contribution in [0, 0.1) is 5.92 Å². The highest BCUT2D eigenvalue weighted by Crippen LogP contribution is 2.37. The first-order valence-electron chi connectivity index (χ1n) is 9.53. The summed E-state index contributed by atoms with van der Waals surface area (Å²) in [6.45, 7) is 4.47. The predicted octanol–water partition coefficient (Wildman–Crippen LogP) is 4.60. The molecule has 150 valence electrons. The first-order chi connectivity index (χ1) is 13.3. The average Bonchev–Trinajstić information content (AvgIpc) is 2.66. The van der Waals surface area contributed by atoms with E-state index in [1.165, 1.54) is 0 Å². The fraction of sp³-hybridized carbons (Fsp3) is 0.500. The van der Waals surface area contributed by atoms with E-state index in [2.05, 4.69) is 14.9 Å². The number of piperazine rings is 1.